The van der Waals surface area contributed by atoms with Gasteiger partial charge in [0.15, 0.2) is 23.4 Å². The number of aromatic hydroxyl groups is 3. The lowest BCUT2D eigenvalue weighted by Crippen LogP contribution is -2.61. The van der Waals surface area contributed by atoms with Crippen LogP contribution in [-0.2, 0) is 9.53 Å². The van der Waals surface area contributed by atoms with Crippen LogP contribution in [0.4, 0.5) is 0 Å². The number of rotatable bonds is 4. The fourth-order valence-electron chi connectivity index (χ4n) is 3.69. The number of ketones is 1. The Balaban J connectivity index is 1.61. The molecule has 33 heavy (non-hydrogen) atoms. The molecule has 1 saturated heterocycles. The summed E-state index contributed by atoms with van der Waals surface area (Å²) in [6, 6.07) is 6.12. The van der Waals surface area contributed by atoms with E-state index in [1.807, 2.05) is 0 Å². The topological polar surface area (TPSA) is 203 Å². The Kier molecular flexibility index (Phi) is 5.76. The van der Waals surface area contributed by atoms with Gasteiger partial charge in [0.2, 0.25) is 6.29 Å². The van der Waals surface area contributed by atoms with Gasteiger partial charge in [-0.2, -0.15) is 0 Å². The highest BCUT2D eigenvalue weighted by Gasteiger charge is 2.48. The molecule has 6 unspecified atom stereocenters. The number of ether oxygens (including phenoxy) is 3. The Morgan fingerprint density at radius 1 is 0.939 bits per heavy atom. The van der Waals surface area contributed by atoms with E-state index in [-0.39, 0.29) is 29.2 Å². The fourth-order valence-corrected chi connectivity index (χ4v) is 3.69. The number of aliphatic carboxylic acids is 1. The first-order valence-electron chi connectivity index (χ1n) is 9.74. The van der Waals surface area contributed by atoms with Crippen molar-refractivity contribution >= 4 is 11.8 Å². The average molecular weight is 464 g/mol. The van der Waals surface area contributed by atoms with Crippen LogP contribution in [-0.4, -0.2) is 78.2 Å². The fraction of sp³-hybridized carbons (Fsp3) is 0.333. The molecule has 12 heteroatoms. The van der Waals surface area contributed by atoms with Crippen LogP contribution in [0.5, 0.6) is 28.7 Å². The summed E-state index contributed by atoms with van der Waals surface area (Å²) in [4.78, 5) is 23.9. The minimum Gasteiger partial charge on any atom is -0.507 e. The smallest absolute Gasteiger partial charge is 0.335 e. The molecular formula is C21H20O12. The molecule has 6 atom stereocenters. The van der Waals surface area contributed by atoms with E-state index in [1.165, 1.54) is 24.3 Å². The number of aliphatic hydroxyl groups is 3. The van der Waals surface area contributed by atoms with E-state index in [9.17, 15) is 40.2 Å². The first-order chi connectivity index (χ1) is 15.6. The SMILES string of the molecule is O=C1CC(c2ccc(O)c(O)c2)Oc2cc(OC3OC(C(=O)O)C(O)C(O)C3O)cc(O)c21. The normalized spacial score (nSPS) is 29.1. The number of carboxylic acid groups (broad SMARTS) is 1. The molecule has 0 saturated carbocycles. The summed E-state index contributed by atoms with van der Waals surface area (Å²) < 4.78 is 16.2. The molecule has 2 aromatic carbocycles. The maximum atomic E-state index is 12.6. The zero-order valence-electron chi connectivity index (χ0n) is 16.7. The third-order valence-electron chi connectivity index (χ3n) is 5.41. The van der Waals surface area contributed by atoms with Crippen molar-refractivity contribution in [2.24, 2.45) is 0 Å². The molecule has 4 rings (SSSR count). The number of fused-ring (bicyclic) bond motifs is 1. The van der Waals surface area contributed by atoms with Crippen LogP contribution in [0.3, 0.4) is 0 Å². The zero-order chi connectivity index (χ0) is 24.0. The van der Waals surface area contributed by atoms with Gasteiger partial charge in [0.1, 0.15) is 47.2 Å². The van der Waals surface area contributed by atoms with E-state index in [0.29, 0.717) is 5.56 Å². The lowest BCUT2D eigenvalue weighted by atomic mass is 9.95. The second-order valence-electron chi connectivity index (χ2n) is 7.65. The van der Waals surface area contributed by atoms with Gasteiger partial charge in [0, 0.05) is 12.1 Å². The number of aliphatic hydroxyl groups excluding tert-OH is 3. The molecule has 0 aromatic heterocycles. The van der Waals surface area contributed by atoms with Gasteiger partial charge in [-0.15, -0.1) is 0 Å². The summed E-state index contributed by atoms with van der Waals surface area (Å²) in [6.07, 6.45) is -10.3. The molecule has 0 spiro atoms. The number of carbonyl (C=O) groups excluding carboxylic acids is 1. The van der Waals surface area contributed by atoms with Crippen molar-refractivity contribution < 1.29 is 59.5 Å². The summed E-state index contributed by atoms with van der Waals surface area (Å²) in [5.74, 6) is -3.63. The van der Waals surface area contributed by atoms with Crippen molar-refractivity contribution in [2.75, 3.05) is 0 Å². The number of hydrogen-bond donors (Lipinski definition) is 7. The third-order valence-corrected chi connectivity index (χ3v) is 5.41. The minimum atomic E-state index is -1.90. The molecule has 2 heterocycles. The van der Waals surface area contributed by atoms with Crippen molar-refractivity contribution in [1.29, 1.82) is 0 Å². The Hall–Kier alpha value is -3.58. The summed E-state index contributed by atoms with van der Waals surface area (Å²) in [5.41, 5.74) is 0.244. The van der Waals surface area contributed by atoms with Crippen molar-refractivity contribution in [3.63, 3.8) is 0 Å². The van der Waals surface area contributed by atoms with E-state index in [4.69, 9.17) is 19.3 Å². The summed E-state index contributed by atoms with van der Waals surface area (Å²) in [7, 11) is 0. The van der Waals surface area contributed by atoms with E-state index in [2.05, 4.69) is 0 Å². The standard InChI is InChI=1S/C21H20O12/c22-9-2-1-7(3-10(9)23)13-6-12(25)15-11(24)4-8(5-14(15)32-13)31-21-18(28)16(26)17(27)19(33-21)20(29)30/h1-5,13,16-19,21-24,26-28H,6H2,(H,29,30). The van der Waals surface area contributed by atoms with Crippen molar-refractivity contribution in [1.82, 2.24) is 0 Å². The largest absolute Gasteiger partial charge is 0.507 e. The maximum Gasteiger partial charge on any atom is 0.335 e. The second-order valence-corrected chi connectivity index (χ2v) is 7.65. The third kappa shape index (κ3) is 4.12. The molecule has 2 aromatic rings. The predicted octanol–water partition coefficient (Wildman–Crippen LogP) is -0.219. The van der Waals surface area contributed by atoms with E-state index in [0.717, 1.165) is 6.07 Å². The molecule has 2 aliphatic rings. The summed E-state index contributed by atoms with van der Waals surface area (Å²) in [6.45, 7) is 0. The maximum absolute atomic E-state index is 12.6. The van der Waals surface area contributed by atoms with Gasteiger partial charge in [-0.1, -0.05) is 6.07 Å². The minimum absolute atomic E-state index is 0.0977. The Morgan fingerprint density at radius 2 is 1.67 bits per heavy atom. The van der Waals surface area contributed by atoms with E-state index >= 15 is 0 Å². The van der Waals surface area contributed by atoms with Crippen LogP contribution in [0.1, 0.15) is 28.4 Å². The van der Waals surface area contributed by atoms with E-state index < -0.39 is 60.1 Å². The van der Waals surface area contributed by atoms with Gasteiger partial charge >= 0.3 is 5.97 Å². The highest BCUT2D eigenvalue weighted by Crippen LogP contribution is 2.43. The number of phenolic OH excluding ortho intramolecular Hbond substituents is 3. The molecule has 0 amide bonds. The van der Waals surface area contributed by atoms with Gasteiger partial charge < -0.3 is 50.0 Å². The van der Waals surface area contributed by atoms with Crippen LogP contribution in [0.25, 0.3) is 0 Å². The zero-order valence-corrected chi connectivity index (χ0v) is 16.7. The van der Waals surface area contributed by atoms with Gasteiger partial charge in [-0.25, -0.2) is 4.79 Å². The number of carbonyl (C=O) groups is 2. The predicted molar refractivity (Wildman–Crippen MR) is 105 cm³/mol. The molecular weight excluding hydrogens is 444 g/mol. The van der Waals surface area contributed by atoms with Gasteiger partial charge in [-0.05, 0) is 17.7 Å². The van der Waals surface area contributed by atoms with Crippen molar-refractivity contribution in [3.05, 3.63) is 41.5 Å². The van der Waals surface area contributed by atoms with Gasteiger partial charge in [-0.3, -0.25) is 4.79 Å². The highest BCUT2D eigenvalue weighted by atomic mass is 16.7. The van der Waals surface area contributed by atoms with E-state index in [1.54, 1.807) is 0 Å². The monoisotopic (exact) mass is 464 g/mol. The molecule has 12 nitrogen and oxygen atoms in total. The molecule has 1 fully saturated rings. The van der Waals surface area contributed by atoms with Crippen LogP contribution in [0.15, 0.2) is 30.3 Å². The first kappa shape index (κ1) is 22.6. The lowest BCUT2D eigenvalue weighted by molar-refractivity contribution is -0.271. The van der Waals surface area contributed by atoms with Crippen molar-refractivity contribution in [3.8, 4) is 28.7 Å². The van der Waals surface area contributed by atoms with Gasteiger partial charge in [0.05, 0.1) is 6.42 Å². The van der Waals surface area contributed by atoms with Crippen LogP contribution in [0, 0.1) is 0 Å². The van der Waals surface area contributed by atoms with Crippen molar-refractivity contribution in [2.45, 2.75) is 43.2 Å². The molecule has 2 aliphatic heterocycles. The highest BCUT2D eigenvalue weighted by molar-refractivity contribution is 6.02. The Morgan fingerprint density at radius 3 is 2.33 bits per heavy atom. The number of Topliss-reactive ketones (excluding diaryl/α,β-unsaturated/α-hetero) is 1. The first-order valence-corrected chi connectivity index (χ1v) is 9.74. The second kappa shape index (κ2) is 8.41. The quantitative estimate of drug-likeness (QED) is 0.294. The number of phenols is 3. The number of carboxylic acids is 1. The molecule has 0 aliphatic carbocycles. The number of benzene rings is 2. The molecule has 0 radical (unpaired) electrons. The lowest BCUT2D eigenvalue weighted by Gasteiger charge is -2.38. The molecule has 0 bridgehead atoms. The van der Waals surface area contributed by atoms with Crippen LogP contribution in [0.2, 0.25) is 0 Å². The summed E-state index contributed by atoms with van der Waals surface area (Å²) in [5, 5.41) is 68.5. The molecule has 7 N–H and O–H groups in total. The number of hydrogen-bond acceptors (Lipinski definition) is 11. The molecule has 176 valence electrons. The Labute approximate surface area is 185 Å². The van der Waals surface area contributed by atoms with Crippen LogP contribution < -0.4 is 9.47 Å². The summed E-state index contributed by atoms with van der Waals surface area (Å²) >= 11 is 0. The average Bonchev–Trinajstić information content (AvgIpc) is 2.75. The van der Waals surface area contributed by atoms with Crippen LogP contribution >= 0.6 is 0 Å². The Bertz CT molecular complexity index is 1100. The van der Waals surface area contributed by atoms with Gasteiger partial charge in [0.25, 0.3) is 0 Å².